The molecule has 7 heteroatoms. The molecule has 0 amide bonds. The van der Waals surface area contributed by atoms with E-state index in [1.165, 1.54) is 7.11 Å². The third kappa shape index (κ3) is 4.59. The van der Waals surface area contributed by atoms with Gasteiger partial charge in [0.05, 0.1) is 25.4 Å². The summed E-state index contributed by atoms with van der Waals surface area (Å²) in [4.78, 5) is 18.1. The topological polar surface area (TPSA) is 62.6 Å². The van der Waals surface area contributed by atoms with Gasteiger partial charge in [0.15, 0.2) is 6.10 Å². The van der Waals surface area contributed by atoms with Crippen LogP contribution in [0.2, 0.25) is 5.02 Å². The second kappa shape index (κ2) is 9.33. The van der Waals surface area contributed by atoms with Crippen LogP contribution in [0.3, 0.4) is 0 Å². The Morgan fingerprint density at radius 1 is 1.24 bits per heavy atom. The molecule has 0 N–H and O–H groups in total. The van der Waals surface area contributed by atoms with E-state index in [-0.39, 0.29) is 6.10 Å². The SMILES string of the molecule is COC(=O)[C@@H](OC(C)(C)C)c1c(C)nc2c(c(C)c(C)n2CC2CCO2)c1-c1ccc(Cl)cc1. The molecule has 0 spiro atoms. The van der Waals surface area contributed by atoms with Crippen molar-refractivity contribution < 1.29 is 19.0 Å². The minimum absolute atomic E-state index is 0.196. The average Bonchev–Trinajstić information content (AvgIpc) is 2.97. The largest absolute Gasteiger partial charge is 0.467 e. The van der Waals surface area contributed by atoms with E-state index in [0.29, 0.717) is 5.02 Å². The lowest BCUT2D eigenvalue weighted by Crippen LogP contribution is -2.31. The Morgan fingerprint density at radius 3 is 2.41 bits per heavy atom. The molecule has 34 heavy (non-hydrogen) atoms. The maximum Gasteiger partial charge on any atom is 0.339 e. The number of fused-ring (bicyclic) bond motifs is 1. The summed E-state index contributed by atoms with van der Waals surface area (Å²) in [6.45, 7) is 13.5. The minimum Gasteiger partial charge on any atom is -0.467 e. The number of pyridine rings is 1. The quantitative estimate of drug-likeness (QED) is 0.395. The van der Waals surface area contributed by atoms with Crippen molar-refractivity contribution in [3.63, 3.8) is 0 Å². The number of halogens is 1. The normalized spacial score (nSPS) is 17.0. The summed E-state index contributed by atoms with van der Waals surface area (Å²) < 4.78 is 19.4. The van der Waals surface area contributed by atoms with Gasteiger partial charge in [-0.25, -0.2) is 9.78 Å². The molecule has 6 nitrogen and oxygen atoms in total. The van der Waals surface area contributed by atoms with E-state index in [9.17, 15) is 4.79 Å². The molecule has 2 aromatic heterocycles. The van der Waals surface area contributed by atoms with E-state index >= 15 is 0 Å². The van der Waals surface area contributed by atoms with Gasteiger partial charge >= 0.3 is 5.97 Å². The second-order valence-corrected chi connectivity index (χ2v) is 10.4. The Morgan fingerprint density at radius 2 is 1.88 bits per heavy atom. The molecule has 3 aromatic rings. The van der Waals surface area contributed by atoms with Crippen molar-refractivity contribution in [1.82, 2.24) is 9.55 Å². The molecule has 182 valence electrons. The molecule has 1 aromatic carbocycles. The van der Waals surface area contributed by atoms with Crippen molar-refractivity contribution in [3.8, 4) is 11.1 Å². The molecule has 0 bridgehead atoms. The van der Waals surface area contributed by atoms with Crippen LogP contribution in [0.25, 0.3) is 22.2 Å². The van der Waals surface area contributed by atoms with Gasteiger partial charge in [0, 0.05) is 39.5 Å². The summed E-state index contributed by atoms with van der Waals surface area (Å²) in [7, 11) is 1.38. The molecule has 1 aliphatic heterocycles. The van der Waals surface area contributed by atoms with Gasteiger partial charge < -0.3 is 18.8 Å². The van der Waals surface area contributed by atoms with Crippen molar-refractivity contribution in [1.29, 1.82) is 0 Å². The van der Waals surface area contributed by atoms with Crippen LogP contribution in [-0.2, 0) is 25.5 Å². The highest BCUT2D eigenvalue weighted by molar-refractivity contribution is 6.30. The molecule has 1 saturated heterocycles. The van der Waals surface area contributed by atoms with Crippen LogP contribution in [0.1, 0.15) is 55.8 Å². The van der Waals surface area contributed by atoms with Gasteiger partial charge in [0.2, 0.25) is 0 Å². The maximum atomic E-state index is 13.0. The van der Waals surface area contributed by atoms with Crippen molar-refractivity contribution in [2.75, 3.05) is 13.7 Å². The van der Waals surface area contributed by atoms with Crippen LogP contribution in [0.4, 0.5) is 0 Å². The van der Waals surface area contributed by atoms with Crippen molar-refractivity contribution in [2.24, 2.45) is 0 Å². The Kier molecular flexibility index (Phi) is 6.78. The molecular formula is C27H33ClN2O4. The van der Waals surface area contributed by atoms with E-state index in [0.717, 1.165) is 64.2 Å². The fraction of sp³-hybridized carbons (Fsp3) is 0.481. The molecular weight excluding hydrogens is 452 g/mol. The number of rotatable bonds is 6. The number of nitrogens with zero attached hydrogens (tertiary/aromatic N) is 2. The van der Waals surface area contributed by atoms with E-state index in [1.807, 2.05) is 52.0 Å². The maximum absolute atomic E-state index is 13.0. The number of methoxy groups -OCH3 is 1. The lowest BCUT2D eigenvalue weighted by Gasteiger charge is -2.29. The predicted octanol–water partition coefficient (Wildman–Crippen LogP) is 6.10. The van der Waals surface area contributed by atoms with Gasteiger partial charge in [0.1, 0.15) is 5.65 Å². The first-order valence-electron chi connectivity index (χ1n) is 11.6. The molecule has 1 fully saturated rings. The molecule has 1 unspecified atom stereocenters. The van der Waals surface area contributed by atoms with Crippen molar-refractivity contribution in [3.05, 3.63) is 51.8 Å². The molecule has 3 heterocycles. The van der Waals surface area contributed by atoms with Crippen molar-refractivity contribution in [2.45, 2.75) is 72.3 Å². The summed E-state index contributed by atoms with van der Waals surface area (Å²) in [5, 5.41) is 1.65. The minimum atomic E-state index is -0.925. The van der Waals surface area contributed by atoms with Crippen LogP contribution >= 0.6 is 11.6 Å². The Labute approximate surface area is 206 Å². The van der Waals surface area contributed by atoms with Gasteiger partial charge in [-0.05, 0) is 71.2 Å². The Bertz CT molecular complexity index is 1220. The fourth-order valence-corrected chi connectivity index (χ4v) is 4.70. The average molecular weight is 485 g/mol. The lowest BCUT2D eigenvalue weighted by atomic mass is 9.91. The highest BCUT2D eigenvalue weighted by Crippen LogP contribution is 2.42. The van der Waals surface area contributed by atoms with Crippen LogP contribution in [0.15, 0.2) is 24.3 Å². The second-order valence-electron chi connectivity index (χ2n) is 9.93. The van der Waals surface area contributed by atoms with Crippen LogP contribution < -0.4 is 0 Å². The zero-order valence-electron chi connectivity index (χ0n) is 21.0. The number of benzene rings is 1. The molecule has 1 aliphatic rings. The Hall–Kier alpha value is -2.41. The summed E-state index contributed by atoms with van der Waals surface area (Å²) >= 11 is 6.22. The molecule has 2 atom stereocenters. The van der Waals surface area contributed by atoms with E-state index in [1.54, 1.807) is 0 Å². The summed E-state index contributed by atoms with van der Waals surface area (Å²) in [5.41, 5.74) is 5.88. The Balaban J connectivity index is 2.06. The van der Waals surface area contributed by atoms with Gasteiger partial charge in [-0.2, -0.15) is 0 Å². The van der Waals surface area contributed by atoms with Gasteiger partial charge in [-0.3, -0.25) is 0 Å². The number of esters is 1. The number of hydrogen-bond acceptors (Lipinski definition) is 5. The summed E-state index contributed by atoms with van der Waals surface area (Å²) in [6.07, 6.45) is 0.315. The van der Waals surface area contributed by atoms with Crippen LogP contribution in [0, 0.1) is 20.8 Å². The van der Waals surface area contributed by atoms with Gasteiger partial charge in [0.25, 0.3) is 0 Å². The number of aryl methyl sites for hydroxylation is 2. The van der Waals surface area contributed by atoms with E-state index < -0.39 is 17.7 Å². The highest BCUT2D eigenvalue weighted by Gasteiger charge is 2.34. The molecule has 0 aliphatic carbocycles. The summed E-state index contributed by atoms with van der Waals surface area (Å²) in [5.74, 6) is -0.453. The van der Waals surface area contributed by atoms with Crippen LogP contribution in [0.5, 0.6) is 0 Å². The van der Waals surface area contributed by atoms with Gasteiger partial charge in [-0.1, -0.05) is 23.7 Å². The monoisotopic (exact) mass is 484 g/mol. The standard InChI is InChI=1S/C27H33ClN2O4/c1-15-17(3)30(14-20-12-13-33-20)25-21(15)23(18-8-10-19(28)11-9-18)22(16(2)29-25)24(26(31)32-7)34-27(4,5)6/h8-11,20,24H,12-14H2,1-7H3/t20?,24-/m0/s1. The van der Waals surface area contributed by atoms with Crippen LogP contribution in [-0.4, -0.2) is 40.9 Å². The van der Waals surface area contributed by atoms with E-state index in [4.69, 9.17) is 30.8 Å². The zero-order valence-corrected chi connectivity index (χ0v) is 21.7. The predicted molar refractivity (Wildman–Crippen MR) is 134 cm³/mol. The third-order valence-electron chi connectivity index (χ3n) is 6.45. The third-order valence-corrected chi connectivity index (χ3v) is 6.70. The molecule has 0 radical (unpaired) electrons. The number of aromatic nitrogens is 2. The van der Waals surface area contributed by atoms with Gasteiger partial charge in [-0.15, -0.1) is 0 Å². The highest BCUT2D eigenvalue weighted by atomic mass is 35.5. The number of carbonyl (C=O) groups excluding carboxylic acids is 1. The first kappa shape index (κ1) is 24.7. The first-order valence-corrected chi connectivity index (χ1v) is 12.0. The summed E-state index contributed by atoms with van der Waals surface area (Å²) in [6, 6.07) is 7.68. The van der Waals surface area contributed by atoms with E-state index in [2.05, 4.69) is 18.4 Å². The number of carbonyl (C=O) groups is 1. The number of hydrogen-bond donors (Lipinski definition) is 0. The van der Waals surface area contributed by atoms with Crippen molar-refractivity contribution >= 4 is 28.6 Å². The fourth-order valence-electron chi connectivity index (χ4n) is 4.57. The number of ether oxygens (including phenoxy) is 3. The lowest BCUT2D eigenvalue weighted by molar-refractivity contribution is -0.164. The molecule has 0 saturated carbocycles. The zero-order chi connectivity index (χ0) is 24.8. The molecule has 4 rings (SSSR count). The first-order chi connectivity index (χ1) is 16.0. The smallest absolute Gasteiger partial charge is 0.339 e.